The van der Waals surface area contributed by atoms with E-state index in [1.165, 1.54) is 0 Å². The van der Waals surface area contributed by atoms with Crippen molar-refractivity contribution in [1.82, 2.24) is 4.31 Å². The highest BCUT2D eigenvalue weighted by Gasteiger charge is 2.33. The summed E-state index contributed by atoms with van der Waals surface area (Å²) in [6.07, 6.45) is 0.900. The lowest BCUT2D eigenvalue weighted by Gasteiger charge is -2.29. The van der Waals surface area contributed by atoms with Crippen LogP contribution in [0.15, 0.2) is 34.1 Å². The molecule has 1 heterocycles. The summed E-state index contributed by atoms with van der Waals surface area (Å²) >= 11 is 0. The van der Waals surface area contributed by atoms with E-state index >= 15 is 0 Å². The van der Waals surface area contributed by atoms with E-state index in [-0.39, 0.29) is 22.9 Å². The van der Waals surface area contributed by atoms with E-state index in [4.69, 9.17) is 10.2 Å². The summed E-state index contributed by atoms with van der Waals surface area (Å²) < 4.78 is 48.4. The Morgan fingerprint density at radius 2 is 1.68 bits per heavy atom. The Kier molecular flexibility index (Phi) is 4.57. The first-order chi connectivity index (χ1) is 10.1. The van der Waals surface area contributed by atoms with E-state index < -0.39 is 31.9 Å². The Morgan fingerprint density at radius 1 is 1.14 bits per heavy atom. The number of hydrogen-bond donors (Lipinski definition) is 2. The molecule has 0 amide bonds. The molecule has 0 radical (unpaired) electrons. The zero-order valence-electron chi connectivity index (χ0n) is 11.5. The van der Waals surface area contributed by atoms with Crippen LogP contribution in [-0.2, 0) is 24.8 Å². The number of nitrogens with two attached hydrogens (primary N) is 1. The number of carboxylic acids is 1. The molecule has 22 heavy (non-hydrogen) atoms. The van der Waals surface area contributed by atoms with E-state index in [9.17, 15) is 21.6 Å². The van der Waals surface area contributed by atoms with Crippen molar-refractivity contribution in [3.8, 4) is 0 Å². The molecule has 122 valence electrons. The molecule has 0 aromatic heterocycles. The fourth-order valence-electron chi connectivity index (χ4n) is 2.31. The second-order valence-corrected chi connectivity index (χ2v) is 8.56. The van der Waals surface area contributed by atoms with Gasteiger partial charge in [-0.05, 0) is 37.1 Å². The van der Waals surface area contributed by atoms with Crippen LogP contribution in [0.3, 0.4) is 0 Å². The van der Waals surface area contributed by atoms with Crippen LogP contribution in [0.2, 0.25) is 0 Å². The number of nitrogens with zero attached hydrogens (tertiary/aromatic N) is 1. The fraction of sp³-hybridized carbons (Fsp3) is 0.417. The van der Waals surface area contributed by atoms with Crippen LogP contribution in [0.4, 0.5) is 0 Å². The Balaban J connectivity index is 2.28. The van der Waals surface area contributed by atoms with Crippen molar-refractivity contribution in [3.05, 3.63) is 24.3 Å². The van der Waals surface area contributed by atoms with Crippen molar-refractivity contribution in [3.63, 3.8) is 0 Å². The predicted octanol–water partition coefficient (Wildman–Crippen LogP) is -0.181. The average Bonchev–Trinajstić information content (AvgIpc) is 2.46. The van der Waals surface area contributed by atoms with Crippen LogP contribution < -0.4 is 5.14 Å². The van der Waals surface area contributed by atoms with Gasteiger partial charge in [-0.2, -0.15) is 4.31 Å². The zero-order valence-corrected chi connectivity index (χ0v) is 13.2. The fourth-order valence-corrected chi connectivity index (χ4v) is 4.35. The molecule has 1 atom stereocenters. The number of piperidine rings is 1. The van der Waals surface area contributed by atoms with Crippen LogP contribution in [0.5, 0.6) is 0 Å². The third-order valence-corrected chi connectivity index (χ3v) is 6.33. The van der Waals surface area contributed by atoms with Gasteiger partial charge in [-0.1, -0.05) is 0 Å². The summed E-state index contributed by atoms with van der Waals surface area (Å²) in [7, 11) is -7.75. The minimum atomic E-state index is -3.90. The molecule has 1 aliphatic rings. The van der Waals surface area contributed by atoms with Gasteiger partial charge in [0.1, 0.15) is 0 Å². The van der Waals surface area contributed by atoms with Gasteiger partial charge in [-0.15, -0.1) is 0 Å². The topological polar surface area (TPSA) is 135 Å². The first kappa shape index (κ1) is 16.9. The van der Waals surface area contributed by atoms with E-state index in [1.54, 1.807) is 0 Å². The maximum atomic E-state index is 12.5. The third-order valence-electron chi connectivity index (χ3n) is 3.52. The third kappa shape index (κ3) is 3.46. The Bertz CT molecular complexity index is 770. The molecule has 1 aliphatic heterocycles. The number of rotatable bonds is 4. The molecule has 1 fully saturated rings. The number of benzene rings is 1. The zero-order chi connectivity index (χ0) is 16.5. The molecular weight excluding hydrogens is 332 g/mol. The molecule has 0 aliphatic carbocycles. The monoisotopic (exact) mass is 348 g/mol. The molecule has 1 saturated heterocycles. The first-order valence-corrected chi connectivity index (χ1v) is 9.47. The van der Waals surface area contributed by atoms with Crippen molar-refractivity contribution in [2.45, 2.75) is 22.6 Å². The van der Waals surface area contributed by atoms with Gasteiger partial charge in [0.15, 0.2) is 0 Å². The molecule has 8 nitrogen and oxygen atoms in total. The maximum Gasteiger partial charge on any atom is 0.307 e. The van der Waals surface area contributed by atoms with Crippen molar-refractivity contribution in [2.24, 2.45) is 11.1 Å². The summed E-state index contributed by atoms with van der Waals surface area (Å²) in [5.74, 6) is -1.75. The van der Waals surface area contributed by atoms with Gasteiger partial charge < -0.3 is 5.11 Å². The number of hydrogen-bond acceptors (Lipinski definition) is 5. The average molecular weight is 348 g/mol. The lowest BCUT2D eigenvalue weighted by Crippen LogP contribution is -2.42. The molecule has 3 N–H and O–H groups in total. The normalized spacial score (nSPS) is 20.7. The number of carbonyl (C=O) groups is 1. The van der Waals surface area contributed by atoms with Crippen LogP contribution in [0.25, 0.3) is 0 Å². The van der Waals surface area contributed by atoms with Gasteiger partial charge in [0.2, 0.25) is 20.0 Å². The van der Waals surface area contributed by atoms with Crippen LogP contribution in [0, 0.1) is 5.92 Å². The molecule has 0 saturated carbocycles. The van der Waals surface area contributed by atoms with Gasteiger partial charge in [-0.25, -0.2) is 22.0 Å². The van der Waals surface area contributed by atoms with E-state index in [0.717, 1.165) is 28.6 Å². The van der Waals surface area contributed by atoms with Gasteiger partial charge in [0.05, 0.1) is 15.7 Å². The second kappa shape index (κ2) is 5.95. The van der Waals surface area contributed by atoms with Gasteiger partial charge in [0.25, 0.3) is 0 Å². The first-order valence-electron chi connectivity index (χ1n) is 6.48. The van der Waals surface area contributed by atoms with Crippen LogP contribution in [-0.4, -0.2) is 45.3 Å². The standard InChI is InChI=1S/C12H16N2O6S2/c13-21(17,18)10-3-5-11(6-4-10)22(19,20)14-7-1-2-9(8-14)12(15)16/h3-6,9H,1-2,7-8H2,(H,15,16)(H2,13,17,18)/t9-/m0/s1. The van der Waals surface area contributed by atoms with Gasteiger partial charge in [0, 0.05) is 13.1 Å². The summed E-state index contributed by atoms with van der Waals surface area (Å²) in [6.45, 7) is 0.150. The number of sulfonamides is 2. The molecule has 1 aromatic rings. The SMILES string of the molecule is NS(=O)(=O)c1ccc(S(=O)(=O)N2CCC[C@H](C(=O)O)C2)cc1. The van der Waals surface area contributed by atoms with Crippen molar-refractivity contribution in [1.29, 1.82) is 0 Å². The van der Waals surface area contributed by atoms with Crippen molar-refractivity contribution < 1.29 is 26.7 Å². The van der Waals surface area contributed by atoms with Crippen molar-refractivity contribution >= 4 is 26.0 Å². The molecular formula is C12H16N2O6S2. The highest BCUT2D eigenvalue weighted by atomic mass is 32.2. The minimum absolute atomic E-state index is 0.0887. The Hall–Kier alpha value is -1.49. The molecule has 0 unspecified atom stereocenters. The van der Waals surface area contributed by atoms with Crippen LogP contribution in [0.1, 0.15) is 12.8 Å². The maximum absolute atomic E-state index is 12.5. The van der Waals surface area contributed by atoms with E-state index in [1.807, 2.05) is 0 Å². The number of carboxylic acid groups (broad SMARTS) is 1. The minimum Gasteiger partial charge on any atom is -0.481 e. The predicted molar refractivity (Wildman–Crippen MR) is 76.9 cm³/mol. The Morgan fingerprint density at radius 3 is 2.18 bits per heavy atom. The quantitative estimate of drug-likeness (QED) is 0.775. The molecule has 0 spiro atoms. The second-order valence-electron chi connectivity index (χ2n) is 5.06. The Labute approximate surface area is 128 Å². The lowest BCUT2D eigenvalue weighted by molar-refractivity contribution is -0.142. The highest BCUT2D eigenvalue weighted by molar-refractivity contribution is 7.89. The lowest BCUT2D eigenvalue weighted by atomic mass is 10.0. The molecule has 2 rings (SSSR count). The summed E-state index contributed by atoms with van der Waals surface area (Å²) in [4.78, 5) is 10.7. The van der Waals surface area contributed by atoms with Gasteiger partial charge >= 0.3 is 5.97 Å². The number of aliphatic carboxylic acids is 1. The summed E-state index contributed by atoms with van der Waals surface area (Å²) in [5, 5.41) is 14.0. The molecule has 1 aromatic carbocycles. The van der Waals surface area contributed by atoms with E-state index in [2.05, 4.69) is 0 Å². The molecule has 0 bridgehead atoms. The largest absolute Gasteiger partial charge is 0.481 e. The summed E-state index contributed by atoms with van der Waals surface area (Å²) in [6, 6.07) is 4.53. The van der Waals surface area contributed by atoms with E-state index in [0.29, 0.717) is 12.8 Å². The van der Waals surface area contributed by atoms with Crippen molar-refractivity contribution in [2.75, 3.05) is 13.1 Å². The molecule has 10 heteroatoms. The smallest absolute Gasteiger partial charge is 0.307 e. The summed E-state index contributed by atoms with van der Waals surface area (Å²) in [5.41, 5.74) is 0. The number of primary sulfonamides is 1. The van der Waals surface area contributed by atoms with Crippen LogP contribution >= 0.6 is 0 Å². The highest BCUT2D eigenvalue weighted by Crippen LogP contribution is 2.24. The van der Waals surface area contributed by atoms with Gasteiger partial charge in [-0.3, -0.25) is 4.79 Å².